The molecule has 84 valence electrons. The van der Waals surface area contributed by atoms with Crippen LogP contribution in [0.25, 0.3) is 0 Å². The Morgan fingerprint density at radius 3 is 2.20 bits per heavy atom. The molecule has 0 bridgehead atoms. The lowest BCUT2D eigenvalue weighted by molar-refractivity contribution is 0.279. The van der Waals surface area contributed by atoms with Crippen molar-refractivity contribution in [2.45, 2.75) is 20.0 Å². The Bertz CT molecular complexity index is 362. The molecule has 0 radical (unpaired) electrons. The topological polar surface area (TPSA) is 18.5 Å². The smallest absolute Gasteiger partial charge is 0.145 e. The van der Waals surface area contributed by atoms with E-state index < -0.39 is 5.47 Å². The van der Waals surface area contributed by atoms with Gasteiger partial charge in [0.05, 0.1) is 13.2 Å². The van der Waals surface area contributed by atoms with E-state index in [0.717, 1.165) is 11.1 Å². The summed E-state index contributed by atoms with van der Waals surface area (Å²) in [6, 6.07) is 7.57. The molecule has 0 heterocycles. The molecule has 15 heavy (non-hydrogen) atoms. The predicted molar refractivity (Wildman–Crippen MR) is 72.1 cm³/mol. The van der Waals surface area contributed by atoms with E-state index in [-0.39, 0.29) is 6.10 Å². The van der Waals surface area contributed by atoms with Gasteiger partial charge in [0.15, 0.2) is 0 Å². The highest BCUT2D eigenvalue weighted by Crippen LogP contribution is 2.52. The van der Waals surface area contributed by atoms with Crippen LogP contribution in [0.15, 0.2) is 24.3 Å². The van der Waals surface area contributed by atoms with Crippen molar-refractivity contribution in [3.63, 3.8) is 0 Å². The van der Waals surface area contributed by atoms with E-state index in [0.29, 0.717) is 0 Å². The number of ether oxygens (including phenoxy) is 1. The van der Waals surface area contributed by atoms with Crippen LogP contribution in [0.4, 0.5) is 0 Å². The second-order valence-electron chi connectivity index (χ2n) is 3.37. The Morgan fingerprint density at radius 1 is 1.27 bits per heavy atom. The molecular weight excluding hydrogens is 247 g/mol. The van der Waals surface area contributed by atoms with Crippen molar-refractivity contribution in [3.05, 3.63) is 24.3 Å². The minimum atomic E-state index is -2.16. The molecule has 0 aliphatic rings. The molecule has 0 aliphatic carbocycles. The van der Waals surface area contributed by atoms with E-state index in [1.54, 1.807) is 7.11 Å². The second kappa shape index (κ2) is 5.35. The Morgan fingerprint density at radius 2 is 1.80 bits per heavy atom. The summed E-state index contributed by atoms with van der Waals surface area (Å²) >= 11 is 9.82. The summed E-state index contributed by atoms with van der Waals surface area (Å²) in [7, 11) is 1.64. The van der Waals surface area contributed by atoms with Crippen LogP contribution in [0.3, 0.4) is 0 Å². The molecule has 0 amide bonds. The van der Waals surface area contributed by atoms with Gasteiger partial charge in [-0.05, 0) is 38.1 Å². The van der Waals surface area contributed by atoms with Crippen LogP contribution in [0.2, 0.25) is 0 Å². The van der Waals surface area contributed by atoms with Crippen LogP contribution >= 0.6 is 17.7 Å². The third-order valence-electron chi connectivity index (χ3n) is 1.75. The monoisotopic (exact) mass is 262 g/mol. The lowest BCUT2D eigenvalue weighted by Gasteiger charge is -2.19. The second-order valence-corrected chi connectivity index (χ2v) is 9.19. The number of hydrogen-bond acceptors (Lipinski definition) is 3. The predicted octanol–water partition coefficient (Wildman–Crippen LogP) is 2.98. The fraction of sp³-hybridized carbons (Fsp3) is 0.400. The molecule has 1 unspecified atom stereocenters. The van der Waals surface area contributed by atoms with Crippen LogP contribution < -0.4 is 10.0 Å². The maximum Gasteiger partial charge on any atom is 0.145 e. The Labute approximate surface area is 101 Å². The lowest BCUT2D eigenvalue weighted by Crippen LogP contribution is -2.07. The molecule has 0 spiro atoms. The van der Waals surface area contributed by atoms with Crippen molar-refractivity contribution in [2.75, 3.05) is 7.11 Å². The molecule has 1 atom stereocenters. The number of methoxy groups -OCH3 is 1. The van der Waals surface area contributed by atoms with Crippen molar-refractivity contribution >= 4 is 34.8 Å². The van der Waals surface area contributed by atoms with Crippen LogP contribution in [-0.4, -0.2) is 13.2 Å². The third kappa shape index (κ3) is 3.80. The third-order valence-corrected chi connectivity index (χ3v) is 5.28. The molecule has 0 saturated carbocycles. The minimum Gasteiger partial charge on any atom is -0.497 e. The quantitative estimate of drug-likeness (QED) is 0.664. The number of hydrogen-bond donors (Lipinski definition) is 1. The molecule has 0 aliphatic heterocycles. The van der Waals surface area contributed by atoms with Gasteiger partial charge in [-0.3, -0.25) is 0 Å². The van der Waals surface area contributed by atoms with E-state index in [9.17, 15) is 0 Å². The molecular formula is C10H15O2PS2. The lowest BCUT2D eigenvalue weighted by atomic mass is 10.3. The molecule has 0 aromatic heterocycles. The summed E-state index contributed by atoms with van der Waals surface area (Å²) < 4.78 is 10.7. The first-order chi connectivity index (χ1) is 6.95. The average Bonchev–Trinajstić information content (AvgIpc) is 2.16. The maximum atomic E-state index is 5.65. The summed E-state index contributed by atoms with van der Waals surface area (Å²) in [6.45, 7) is 3.92. The molecule has 5 heteroatoms. The first-order valence-corrected chi connectivity index (χ1v) is 8.49. The van der Waals surface area contributed by atoms with E-state index in [2.05, 4.69) is 12.2 Å². The van der Waals surface area contributed by atoms with E-state index in [1.165, 1.54) is 0 Å². The summed E-state index contributed by atoms with van der Waals surface area (Å²) in [5.74, 6) is 0.812. The summed E-state index contributed by atoms with van der Waals surface area (Å²) in [4.78, 5) is 0. The van der Waals surface area contributed by atoms with Crippen molar-refractivity contribution in [1.29, 1.82) is 0 Å². The Hall–Kier alpha value is -0.0200. The van der Waals surface area contributed by atoms with Gasteiger partial charge in [-0.15, -0.1) is 12.2 Å². The van der Waals surface area contributed by atoms with Crippen LogP contribution in [-0.2, 0) is 16.3 Å². The largest absolute Gasteiger partial charge is 0.497 e. The highest BCUT2D eigenvalue weighted by atomic mass is 32.9. The SMILES string of the molecule is COc1ccc(P(=S)(S)OC(C)C)cc1. The standard InChI is InChI=1S/C10H15O2PS2/c1-8(2)12-13(14,15)10-6-4-9(11-3)5-7-10/h4-8H,1-3H3,(H,14,15). The van der Waals surface area contributed by atoms with Gasteiger partial charge in [0.2, 0.25) is 0 Å². The van der Waals surface area contributed by atoms with Crippen molar-refractivity contribution in [1.82, 2.24) is 0 Å². The average molecular weight is 262 g/mol. The fourth-order valence-corrected chi connectivity index (χ4v) is 4.18. The molecule has 0 N–H and O–H groups in total. The first kappa shape index (κ1) is 13.0. The minimum absolute atomic E-state index is 0.0930. The molecule has 0 saturated heterocycles. The molecule has 0 fully saturated rings. The summed E-state index contributed by atoms with van der Waals surface area (Å²) in [5, 5.41) is 0.954. The van der Waals surface area contributed by atoms with Gasteiger partial charge in [0.25, 0.3) is 0 Å². The van der Waals surface area contributed by atoms with Crippen molar-refractivity contribution < 1.29 is 9.26 Å². The van der Waals surface area contributed by atoms with Crippen molar-refractivity contribution in [3.8, 4) is 5.75 Å². The molecule has 1 aromatic carbocycles. The number of thiol groups is 1. The number of benzene rings is 1. The normalized spacial score (nSPS) is 15.0. The molecule has 1 aromatic rings. The van der Waals surface area contributed by atoms with Gasteiger partial charge in [0.1, 0.15) is 11.2 Å². The zero-order valence-corrected chi connectivity index (χ0v) is 11.6. The van der Waals surface area contributed by atoms with Gasteiger partial charge in [-0.1, -0.05) is 11.8 Å². The zero-order chi connectivity index (χ0) is 11.5. The van der Waals surface area contributed by atoms with E-state index in [4.69, 9.17) is 21.1 Å². The van der Waals surface area contributed by atoms with Crippen LogP contribution in [0.1, 0.15) is 13.8 Å². The zero-order valence-electron chi connectivity index (χ0n) is 9.01. The summed E-state index contributed by atoms with van der Waals surface area (Å²) in [6.07, 6.45) is 0.0930. The van der Waals surface area contributed by atoms with Crippen LogP contribution in [0, 0.1) is 0 Å². The van der Waals surface area contributed by atoms with Crippen molar-refractivity contribution in [2.24, 2.45) is 0 Å². The van der Waals surface area contributed by atoms with Gasteiger partial charge >= 0.3 is 0 Å². The molecule has 1 rings (SSSR count). The van der Waals surface area contributed by atoms with Gasteiger partial charge in [-0.2, -0.15) is 0 Å². The van der Waals surface area contributed by atoms with Crippen LogP contribution in [0.5, 0.6) is 5.75 Å². The summed E-state index contributed by atoms with van der Waals surface area (Å²) in [5.41, 5.74) is -2.16. The number of rotatable bonds is 4. The maximum absolute atomic E-state index is 5.65. The fourth-order valence-electron chi connectivity index (χ4n) is 1.12. The Balaban J connectivity index is 2.90. The highest BCUT2D eigenvalue weighted by Gasteiger charge is 2.16. The highest BCUT2D eigenvalue weighted by molar-refractivity contribution is 8.64. The molecule has 2 nitrogen and oxygen atoms in total. The Kier molecular flexibility index (Phi) is 4.65. The van der Waals surface area contributed by atoms with Gasteiger partial charge in [0, 0.05) is 5.30 Å². The van der Waals surface area contributed by atoms with E-state index in [1.807, 2.05) is 38.1 Å². The van der Waals surface area contributed by atoms with Gasteiger partial charge in [-0.25, -0.2) is 0 Å². The first-order valence-electron chi connectivity index (χ1n) is 4.61. The van der Waals surface area contributed by atoms with E-state index >= 15 is 0 Å². The van der Waals surface area contributed by atoms with Gasteiger partial charge < -0.3 is 9.26 Å².